The molecule has 4 N–H and O–H groups in total. The molecule has 0 spiro atoms. The predicted octanol–water partition coefficient (Wildman–Crippen LogP) is -0.721. The van der Waals surface area contributed by atoms with Gasteiger partial charge in [0.1, 0.15) is 11.6 Å². The van der Waals surface area contributed by atoms with E-state index in [1.54, 1.807) is 12.1 Å². The van der Waals surface area contributed by atoms with Gasteiger partial charge in [-0.2, -0.15) is 5.26 Å². The first-order valence-corrected chi connectivity index (χ1v) is 9.98. The highest BCUT2D eigenvalue weighted by Gasteiger charge is 2.12. The van der Waals surface area contributed by atoms with Crippen molar-refractivity contribution in [3.8, 4) is 6.07 Å². The molecule has 146 valence electrons. The first-order valence-electron chi connectivity index (χ1n) is 8.44. The Morgan fingerprint density at radius 1 is 1.30 bits per heavy atom. The molecule has 1 aliphatic heterocycles. The largest absolute Gasteiger partial charge is 0.386 e. The Kier molecular flexibility index (Phi) is 7.75. The fourth-order valence-electron chi connectivity index (χ4n) is 2.46. The highest BCUT2D eigenvalue weighted by molar-refractivity contribution is 7.89. The highest BCUT2D eigenvalue weighted by atomic mass is 32.2. The minimum atomic E-state index is -3.72. The van der Waals surface area contributed by atoms with Gasteiger partial charge in [-0.3, -0.25) is 9.69 Å². The summed E-state index contributed by atoms with van der Waals surface area (Å²) < 4.78 is 27.7. The number of sulfonamides is 1. The Bertz CT molecular complexity index is 809. The number of primary sulfonamides is 1. The standard InChI is InChI=1S/C17H23N5O4S/c18-11-15(17(23)21-5-6-22-7-9-26-10-8-22)13-20-12-14-1-3-16(4-2-14)27(19,24)25/h1-4,13,20H,5-10,12H2,(H,21,23)(H2,19,24,25)/b15-13-. The van der Waals surface area contributed by atoms with Crippen LogP contribution >= 0.6 is 0 Å². The zero-order chi connectivity index (χ0) is 19.7. The molecule has 9 nitrogen and oxygen atoms in total. The van der Waals surface area contributed by atoms with E-state index >= 15 is 0 Å². The van der Waals surface area contributed by atoms with Crippen molar-refractivity contribution in [1.29, 1.82) is 5.26 Å². The molecule has 0 aliphatic carbocycles. The molecule has 0 aromatic heterocycles. The Morgan fingerprint density at radius 2 is 1.96 bits per heavy atom. The number of morpholine rings is 1. The number of rotatable bonds is 8. The number of ether oxygens (including phenoxy) is 1. The Labute approximate surface area is 158 Å². The monoisotopic (exact) mass is 393 g/mol. The van der Waals surface area contributed by atoms with Crippen molar-refractivity contribution in [2.24, 2.45) is 5.14 Å². The van der Waals surface area contributed by atoms with E-state index in [2.05, 4.69) is 15.5 Å². The van der Waals surface area contributed by atoms with Gasteiger partial charge in [-0.1, -0.05) is 12.1 Å². The minimum absolute atomic E-state index is 0.0270. The second-order valence-electron chi connectivity index (χ2n) is 5.95. The van der Waals surface area contributed by atoms with Gasteiger partial charge >= 0.3 is 0 Å². The average molecular weight is 393 g/mol. The van der Waals surface area contributed by atoms with Crippen LogP contribution in [0.1, 0.15) is 5.56 Å². The Balaban J connectivity index is 1.79. The van der Waals surface area contributed by atoms with Gasteiger partial charge in [0.25, 0.3) is 5.91 Å². The number of nitrogens with one attached hydrogen (secondary N) is 2. The first kappa shape index (κ1) is 20.9. The van der Waals surface area contributed by atoms with Crippen molar-refractivity contribution in [2.45, 2.75) is 11.4 Å². The number of hydrogen-bond acceptors (Lipinski definition) is 7. The number of nitriles is 1. The van der Waals surface area contributed by atoms with Crippen LogP contribution in [-0.4, -0.2) is 58.6 Å². The van der Waals surface area contributed by atoms with Crippen LogP contribution in [0.3, 0.4) is 0 Å². The smallest absolute Gasteiger partial charge is 0.263 e. The van der Waals surface area contributed by atoms with E-state index in [0.717, 1.165) is 18.7 Å². The van der Waals surface area contributed by atoms with Crippen LogP contribution in [0.15, 0.2) is 40.9 Å². The van der Waals surface area contributed by atoms with Crippen LogP contribution in [0.5, 0.6) is 0 Å². The Hall–Kier alpha value is -2.45. The van der Waals surface area contributed by atoms with Crippen molar-refractivity contribution >= 4 is 15.9 Å². The van der Waals surface area contributed by atoms with Crippen molar-refractivity contribution < 1.29 is 17.9 Å². The molecule has 1 saturated heterocycles. The summed E-state index contributed by atoms with van der Waals surface area (Å²) in [4.78, 5) is 14.3. The van der Waals surface area contributed by atoms with Gasteiger partial charge in [-0.15, -0.1) is 0 Å². The van der Waals surface area contributed by atoms with E-state index in [4.69, 9.17) is 15.1 Å². The molecule has 1 aliphatic rings. The summed E-state index contributed by atoms with van der Waals surface area (Å²) in [7, 11) is -3.72. The zero-order valence-electron chi connectivity index (χ0n) is 14.8. The lowest BCUT2D eigenvalue weighted by Crippen LogP contribution is -2.41. The Morgan fingerprint density at radius 3 is 2.56 bits per heavy atom. The van der Waals surface area contributed by atoms with Crippen LogP contribution in [0, 0.1) is 11.3 Å². The molecular formula is C17H23N5O4S. The van der Waals surface area contributed by atoms with Crippen molar-refractivity contribution in [3.05, 3.63) is 41.6 Å². The van der Waals surface area contributed by atoms with Gasteiger partial charge in [-0.05, 0) is 17.7 Å². The SMILES string of the molecule is N#C/C(=C/NCc1ccc(S(N)(=O)=O)cc1)C(=O)NCCN1CCOCC1. The molecule has 1 aromatic rings. The van der Waals surface area contributed by atoms with Crippen LogP contribution in [0.25, 0.3) is 0 Å². The number of carbonyl (C=O) groups excluding carboxylic acids is 1. The predicted molar refractivity (Wildman–Crippen MR) is 98.6 cm³/mol. The maximum absolute atomic E-state index is 12.0. The fourth-order valence-corrected chi connectivity index (χ4v) is 2.98. The number of carbonyl (C=O) groups is 1. The molecular weight excluding hydrogens is 370 g/mol. The summed E-state index contributed by atoms with van der Waals surface area (Å²) in [5, 5.41) is 19.8. The van der Waals surface area contributed by atoms with E-state index in [9.17, 15) is 13.2 Å². The first-order chi connectivity index (χ1) is 12.9. The van der Waals surface area contributed by atoms with Gasteiger partial charge in [-0.25, -0.2) is 13.6 Å². The van der Waals surface area contributed by atoms with Gasteiger partial charge in [0.05, 0.1) is 18.1 Å². The molecule has 0 radical (unpaired) electrons. The zero-order valence-corrected chi connectivity index (χ0v) is 15.7. The van der Waals surface area contributed by atoms with Crippen molar-refractivity contribution in [3.63, 3.8) is 0 Å². The summed E-state index contributed by atoms with van der Waals surface area (Å²) in [5.41, 5.74) is 0.752. The summed E-state index contributed by atoms with van der Waals surface area (Å²) >= 11 is 0. The van der Waals surface area contributed by atoms with E-state index in [0.29, 0.717) is 32.8 Å². The van der Waals surface area contributed by atoms with E-state index in [1.807, 2.05) is 6.07 Å². The molecule has 2 rings (SSSR count). The molecule has 27 heavy (non-hydrogen) atoms. The molecule has 1 aromatic carbocycles. The number of nitrogens with zero attached hydrogens (tertiary/aromatic N) is 2. The van der Waals surface area contributed by atoms with E-state index < -0.39 is 15.9 Å². The molecule has 0 saturated carbocycles. The third kappa shape index (κ3) is 6.99. The van der Waals surface area contributed by atoms with Crippen LogP contribution in [-0.2, 0) is 26.1 Å². The van der Waals surface area contributed by atoms with Crippen molar-refractivity contribution in [2.75, 3.05) is 39.4 Å². The lowest BCUT2D eigenvalue weighted by molar-refractivity contribution is -0.117. The molecule has 1 heterocycles. The summed E-state index contributed by atoms with van der Waals surface area (Å²) in [6.07, 6.45) is 1.34. The van der Waals surface area contributed by atoms with E-state index in [1.165, 1.54) is 18.3 Å². The second-order valence-corrected chi connectivity index (χ2v) is 7.51. The summed E-state index contributed by atoms with van der Waals surface area (Å²) in [6, 6.07) is 7.88. The van der Waals surface area contributed by atoms with Crippen LogP contribution in [0.2, 0.25) is 0 Å². The van der Waals surface area contributed by atoms with Gasteiger partial charge in [0.2, 0.25) is 10.0 Å². The maximum atomic E-state index is 12.0. The van der Waals surface area contributed by atoms with Gasteiger partial charge < -0.3 is 15.4 Å². The van der Waals surface area contributed by atoms with E-state index in [-0.39, 0.29) is 10.5 Å². The lowest BCUT2D eigenvalue weighted by Gasteiger charge is -2.26. The number of amides is 1. The fraction of sp³-hybridized carbons (Fsp3) is 0.412. The third-order valence-electron chi connectivity index (χ3n) is 3.99. The summed E-state index contributed by atoms with van der Waals surface area (Å²) in [5.74, 6) is -0.442. The average Bonchev–Trinajstić information content (AvgIpc) is 2.65. The number of hydrogen-bond donors (Lipinski definition) is 3. The normalized spacial score (nSPS) is 15.8. The molecule has 1 fully saturated rings. The second kappa shape index (κ2) is 10.0. The molecule has 1 amide bonds. The van der Waals surface area contributed by atoms with Crippen molar-refractivity contribution in [1.82, 2.24) is 15.5 Å². The quantitative estimate of drug-likeness (QED) is 0.391. The van der Waals surface area contributed by atoms with Crippen LogP contribution < -0.4 is 15.8 Å². The van der Waals surface area contributed by atoms with Gasteiger partial charge in [0.15, 0.2) is 0 Å². The molecule has 10 heteroatoms. The molecule has 0 bridgehead atoms. The number of benzene rings is 1. The summed E-state index contributed by atoms with van der Waals surface area (Å²) in [6.45, 7) is 4.55. The third-order valence-corrected chi connectivity index (χ3v) is 4.92. The van der Waals surface area contributed by atoms with Crippen LogP contribution in [0.4, 0.5) is 0 Å². The topological polar surface area (TPSA) is 138 Å². The maximum Gasteiger partial charge on any atom is 0.263 e. The minimum Gasteiger partial charge on any atom is -0.386 e. The lowest BCUT2D eigenvalue weighted by atomic mass is 10.2. The molecule has 0 atom stereocenters. The van der Waals surface area contributed by atoms with Gasteiger partial charge in [0, 0.05) is 38.9 Å². The molecule has 0 unspecified atom stereocenters. The highest BCUT2D eigenvalue weighted by Crippen LogP contribution is 2.08. The number of nitrogens with two attached hydrogens (primary N) is 1.